The number of rotatable bonds is 5. The molecule has 3 N–H and O–H groups in total. The number of carbonyl (C=O) groups is 2. The first kappa shape index (κ1) is 19.3. The highest BCUT2D eigenvalue weighted by Gasteiger charge is 2.12. The third-order valence-corrected chi connectivity index (χ3v) is 3.81. The molecule has 2 aromatic rings. The second kappa shape index (κ2) is 8.90. The molecule has 0 saturated heterocycles. The minimum absolute atomic E-state index is 0.163. The molecule has 0 spiro atoms. The van der Waals surface area contributed by atoms with Gasteiger partial charge in [-0.1, -0.05) is 47.5 Å². The van der Waals surface area contributed by atoms with Crippen molar-refractivity contribution in [3.63, 3.8) is 0 Å². The van der Waals surface area contributed by atoms with Crippen LogP contribution in [-0.4, -0.2) is 11.9 Å². The summed E-state index contributed by atoms with van der Waals surface area (Å²) in [5.41, 5.74) is 5.81. The van der Waals surface area contributed by atoms with E-state index in [1.165, 1.54) is 6.08 Å². The molecular formula is C18H13Cl2N3O3. The first-order chi connectivity index (χ1) is 12.4. The number of ether oxygens (including phenoxy) is 1. The van der Waals surface area contributed by atoms with Crippen LogP contribution in [0.2, 0.25) is 10.0 Å². The third kappa shape index (κ3) is 5.24. The number of benzene rings is 2. The van der Waals surface area contributed by atoms with E-state index in [4.69, 9.17) is 38.9 Å². The number of primary amides is 1. The quantitative estimate of drug-likeness (QED) is 0.600. The molecule has 6 nitrogen and oxygen atoms in total. The predicted octanol–water partition coefficient (Wildman–Crippen LogP) is 3.67. The van der Waals surface area contributed by atoms with Gasteiger partial charge in [0.25, 0.3) is 5.91 Å². The summed E-state index contributed by atoms with van der Waals surface area (Å²) in [7, 11) is 0. The molecule has 3 amide bonds. The molecular weight excluding hydrogens is 377 g/mol. The molecule has 0 aromatic heterocycles. The largest absolute Gasteiger partial charge is 0.488 e. The van der Waals surface area contributed by atoms with E-state index in [9.17, 15) is 9.59 Å². The van der Waals surface area contributed by atoms with Crippen molar-refractivity contribution in [2.75, 3.05) is 0 Å². The Kier molecular flexibility index (Phi) is 6.61. The highest BCUT2D eigenvalue weighted by atomic mass is 35.5. The van der Waals surface area contributed by atoms with Crippen molar-refractivity contribution >= 4 is 41.2 Å². The molecule has 0 atom stereocenters. The van der Waals surface area contributed by atoms with E-state index in [2.05, 4.69) is 0 Å². The first-order valence-corrected chi connectivity index (χ1v) is 8.04. The number of nitrogens with zero attached hydrogens (tertiary/aromatic N) is 1. The zero-order valence-corrected chi connectivity index (χ0v) is 14.8. The summed E-state index contributed by atoms with van der Waals surface area (Å²) >= 11 is 12.0. The van der Waals surface area contributed by atoms with Crippen LogP contribution in [0.3, 0.4) is 0 Å². The summed E-state index contributed by atoms with van der Waals surface area (Å²) in [6.45, 7) is 0.163. The Bertz CT molecular complexity index is 920. The molecule has 0 bridgehead atoms. The van der Waals surface area contributed by atoms with Gasteiger partial charge in [0.15, 0.2) is 0 Å². The van der Waals surface area contributed by atoms with E-state index in [1.807, 2.05) is 5.32 Å². The molecule has 26 heavy (non-hydrogen) atoms. The van der Waals surface area contributed by atoms with Crippen molar-refractivity contribution in [2.24, 2.45) is 5.73 Å². The second-order valence-electron chi connectivity index (χ2n) is 5.05. The maximum absolute atomic E-state index is 11.8. The van der Waals surface area contributed by atoms with Gasteiger partial charge < -0.3 is 10.5 Å². The lowest BCUT2D eigenvalue weighted by atomic mass is 10.1. The van der Waals surface area contributed by atoms with E-state index in [0.717, 1.165) is 5.56 Å². The highest BCUT2D eigenvalue weighted by molar-refractivity contribution is 6.35. The van der Waals surface area contributed by atoms with Crippen LogP contribution in [0.5, 0.6) is 5.75 Å². The van der Waals surface area contributed by atoms with Crippen LogP contribution in [0.15, 0.2) is 48.0 Å². The topological polar surface area (TPSA) is 105 Å². The maximum Gasteiger partial charge on any atom is 0.319 e. The van der Waals surface area contributed by atoms with Crippen molar-refractivity contribution in [2.45, 2.75) is 6.61 Å². The summed E-state index contributed by atoms with van der Waals surface area (Å²) in [5.74, 6) is -0.464. The Labute approximate surface area is 159 Å². The zero-order valence-electron chi connectivity index (χ0n) is 13.3. The van der Waals surface area contributed by atoms with Crippen molar-refractivity contribution in [3.05, 3.63) is 69.2 Å². The lowest BCUT2D eigenvalue weighted by molar-refractivity contribution is -0.115. The Morgan fingerprint density at radius 1 is 1.23 bits per heavy atom. The average molecular weight is 390 g/mol. The fourth-order valence-electron chi connectivity index (χ4n) is 2.01. The fraction of sp³-hybridized carbons (Fsp3) is 0.0556. The smallest absolute Gasteiger partial charge is 0.319 e. The summed E-state index contributed by atoms with van der Waals surface area (Å²) in [6, 6.07) is 12.5. The van der Waals surface area contributed by atoms with Crippen LogP contribution in [-0.2, 0) is 11.4 Å². The van der Waals surface area contributed by atoms with Crippen molar-refractivity contribution in [3.8, 4) is 11.8 Å². The number of amides is 3. The highest BCUT2D eigenvalue weighted by Crippen LogP contribution is 2.25. The van der Waals surface area contributed by atoms with Crippen LogP contribution in [0.25, 0.3) is 6.08 Å². The Morgan fingerprint density at radius 3 is 2.62 bits per heavy atom. The number of nitrogens with two attached hydrogens (primary N) is 1. The van der Waals surface area contributed by atoms with Crippen molar-refractivity contribution in [1.82, 2.24) is 5.32 Å². The van der Waals surface area contributed by atoms with Crippen LogP contribution < -0.4 is 15.8 Å². The molecule has 0 saturated carbocycles. The Morgan fingerprint density at radius 2 is 1.96 bits per heavy atom. The normalized spacial score (nSPS) is 10.7. The summed E-state index contributed by atoms with van der Waals surface area (Å²) < 4.78 is 5.75. The molecule has 0 aliphatic heterocycles. The standard InChI is InChI=1S/C18H13Cl2N3O3/c19-14-6-5-12(15(20)8-14)10-26-16-4-2-1-3-11(16)7-13(9-21)17(24)23-18(22)25/h1-8H,10H2,(H3,22,23,24,25)/b13-7-. The monoisotopic (exact) mass is 389 g/mol. The molecule has 2 rings (SSSR count). The fourth-order valence-corrected chi connectivity index (χ4v) is 2.47. The Hall–Kier alpha value is -3.01. The number of hydrogen-bond donors (Lipinski definition) is 2. The summed E-state index contributed by atoms with van der Waals surface area (Å²) in [4.78, 5) is 22.6. The summed E-state index contributed by atoms with van der Waals surface area (Å²) in [5, 5.41) is 11.9. The SMILES string of the molecule is N#C/C(=C/c1ccccc1OCc1ccc(Cl)cc1Cl)C(=O)NC(N)=O. The minimum Gasteiger partial charge on any atom is -0.488 e. The van der Waals surface area contributed by atoms with Crippen LogP contribution in [0.1, 0.15) is 11.1 Å². The molecule has 132 valence electrons. The third-order valence-electron chi connectivity index (χ3n) is 3.22. The lowest BCUT2D eigenvalue weighted by Crippen LogP contribution is -2.35. The summed E-state index contributed by atoms with van der Waals surface area (Å²) in [6.07, 6.45) is 1.30. The Balaban J connectivity index is 2.24. The van der Waals surface area contributed by atoms with E-state index in [0.29, 0.717) is 21.4 Å². The zero-order chi connectivity index (χ0) is 19.1. The number of para-hydroxylation sites is 1. The molecule has 0 fully saturated rings. The van der Waals surface area contributed by atoms with E-state index in [-0.39, 0.29) is 12.2 Å². The van der Waals surface area contributed by atoms with Gasteiger partial charge in [-0.15, -0.1) is 0 Å². The van der Waals surface area contributed by atoms with Gasteiger partial charge in [-0.2, -0.15) is 5.26 Å². The molecule has 0 radical (unpaired) electrons. The number of halogens is 2. The average Bonchev–Trinajstić information content (AvgIpc) is 2.59. The first-order valence-electron chi connectivity index (χ1n) is 7.29. The maximum atomic E-state index is 11.8. The van der Waals surface area contributed by atoms with Gasteiger partial charge in [0.1, 0.15) is 24.0 Å². The molecule has 0 aliphatic rings. The van der Waals surface area contributed by atoms with Crippen LogP contribution in [0, 0.1) is 11.3 Å². The second-order valence-corrected chi connectivity index (χ2v) is 5.89. The van der Waals surface area contributed by atoms with E-state index < -0.39 is 11.9 Å². The van der Waals surface area contributed by atoms with E-state index >= 15 is 0 Å². The van der Waals surface area contributed by atoms with Gasteiger partial charge in [0, 0.05) is 21.2 Å². The molecule has 8 heteroatoms. The van der Waals surface area contributed by atoms with Gasteiger partial charge in [-0.25, -0.2) is 4.79 Å². The number of carbonyl (C=O) groups excluding carboxylic acids is 2. The molecule has 0 aliphatic carbocycles. The van der Waals surface area contributed by atoms with E-state index in [1.54, 1.807) is 48.5 Å². The van der Waals surface area contributed by atoms with Crippen molar-refractivity contribution in [1.29, 1.82) is 5.26 Å². The predicted molar refractivity (Wildman–Crippen MR) is 98.6 cm³/mol. The molecule has 0 unspecified atom stereocenters. The van der Waals surface area contributed by atoms with Gasteiger partial charge in [-0.05, 0) is 24.3 Å². The van der Waals surface area contributed by atoms with Gasteiger partial charge in [-0.3, -0.25) is 10.1 Å². The van der Waals surface area contributed by atoms with Crippen LogP contribution >= 0.6 is 23.2 Å². The number of urea groups is 1. The number of nitrogens with one attached hydrogen (secondary N) is 1. The number of nitriles is 1. The number of imide groups is 1. The lowest BCUT2D eigenvalue weighted by Gasteiger charge is -2.11. The van der Waals surface area contributed by atoms with Gasteiger partial charge >= 0.3 is 6.03 Å². The molecule has 0 heterocycles. The van der Waals surface area contributed by atoms with Gasteiger partial charge in [0.2, 0.25) is 0 Å². The molecule has 2 aromatic carbocycles. The minimum atomic E-state index is -1.04. The van der Waals surface area contributed by atoms with Crippen molar-refractivity contribution < 1.29 is 14.3 Å². The van der Waals surface area contributed by atoms with Crippen LogP contribution in [0.4, 0.5) is 4.79 Å². The van der Waals surface area contributed by atoms with Gasteiger partial charge in [0.05, 0.1) is 0 Å². The number of hydrogen-bond acceptors (Lipinski definition) is 4.